The summed E-state index contributed by atoms with van der Waals surface area (Å²) in [6, 6.07) is 4.23. The summed E-state index contributed by atoms with van der Waals surface area (Å²) >= 11 is 6.12. The molecule has 0 N–H and O–H groups in total. The number of halogens is 1. The van der Waals surface area contributed by atoms with Crippen molar-refractivity contribution in [3.63, 3.8) is 0 Å². The van der Waals surface area contributed by atoms with Crippen molar-refractivity contribution in [2.75, 3.05) is 32.5 Å². The maximum atomic E-state index is 12.7. The van der Waals surface area contributed by atoms with Gasteiger partial charge in [-0.2, -0.15) is 0 Å². The van der Waals surface area contributed by atoms with Gasteiger partial charge in [0.15, 0.2) is 9.84 Å². The highest BCUT2D eigenvalue weighted by molar-refractivity contribution is 7.90. The molecular formula is C16H19ClN2O5S. The second-order valence-electron chi connectivity index (χ2n) is 6.24. The van der Waals surface area contributed by atoms with E-state index in [1.165, 1.54) is 18.2 Å². The summed E-state index contributed by atoms with van der Waals surface area (Å²) in [5.74, 6) is -0.229. The normalized spacial score (nSPS) is 19.2. The standard InChI is InChI=1S/C16H19ClN2O5S/c1-25(22,23)12-2-3-13(14(17)10-12)15(20)18-6-4-11(5-7-18)19-8-9-24-16(19)21/h2-3,10-11H,4-9H2,1H3. The highest BCUT2D eigenvalue weighted by Crippen LogP contribution is 2.25. The molecule has 0 atom stereocenters. The van der Waals surface area contributed by atoms with Crippen molar-refractivity contribution in [1.82, 2.24) is 9.80 Å². The summed E-state index contributed by atoms with van der Waals surface area (Å²) in [5.41, 5.74) is 0.285. The minimum Gasteiger partial charge on any atom is -0.448 e. The number of hydrogen-bond acceptors (Lipinski definition) is 5. The van der Waals surface area contributed by atoms with Gasteiger partial charge in [0.25, 0.3) is 5.91 Å². The fraction of sp³-hybridized carbons (Fsp3) is 0.500. The van der Waals surface area contributed by atoms with Gasteiger partial charge in [-0.1, -0.05) is 11.6 Å². The van der Waals surface area contributed by atoms with E-state index in [4.69, 9.17) is 16.3 Å². The van der Waals surface area contributed by atoms with Crippen LogP contribution in [0.25, 0.3) is 0 Å². The van der Waals surface area contributed by atoms with E-state index in [9.17, 15) is 18.0 Å². The Morgan fingerprint density at radius 2 is 1.92 bits per heavy atom. The monoisotopic (exact) mass is 386 g/mol. The number of hydrogen-bond donors (Lipinski definition) is 0. The molecule has 136 valence electrons. The molecule has 2 saturated heterocycles. The lowest BCUT2D eigenvalue weighted by Gasteiger charge is -2.35. The van der Waals surface area contributed by atoms with Crippen molar-refractivity contribution < 1.29 is 22.7 Å². The van der Waals surface area contributed by atoms with E-state index in [1.807, 2.05) is 0 Å². The quantitative estimate of drug-likeness (QED) is 0.790. The lowest BCUT2D eigenvalue weighted by molar-refractivity contribution is 0.0658. The van der Waals surface area contributed by atoms with Crippen molar-refractivity contribution in [2.45, 2.75) is 23.8 Å². The van der Waals surface area contributed by atoms with Crippen LogP contribution in [0.2, 0.25) is 5.02 Å². The molecule has 0 unspecified atom stereocenters. The molecule has 2 aliphatic rings. The number of nitrogens with zero attached hydrogens (tertiary/aromatic N) is 2. The molecule has 0 bridgehead atoms. The molecule has 0 aliphatic carbocycles. The van der Waals surface area contributed by atoms with Crippen LogP contribution in [0.5, 0.6) is 0 Å². The first-order valence-corrected chi connectivity index (χ1v) is 10.3. The van der Waals surface area contributed by atoms with E-state index in [0.29, 0.717) is 39.1 Å². The van der Waals surface area contributed by atoms with Gasteiger partial charge < -0.3 is 14.5 Å². The predicted octanol–water partition coefficient (Wildman–Crippen LogP) is 1.80. The number of rotatable bonds is 3. The average Bonchev–Trinajstić information content (AvgIpc) is 2.99. The summed E-state index contributed by atoms with van der Waals surface area (Å²) in [6.45, 7) is 2.03. The number of carbonyl (C=O) groups excluding carboxylic acids is 2. The smallest absolute Gasteiger partial charge is 0.410 e. The first-order chi connectivity index (χ1) is 11.8. The van der Waals surface area contributed by atoms with Gasteiger partial charge in [-0.3, -0.25) is 4.79 Å². The van der Waals surface area contributed by atoms with E-state index in [-0.39, 0.29) is 33.5 Å². The molecule has 2 fully saturated rings. The van der Waals surface area contributed by atoms with Gasteiger partial charge >= 0.3 is 6.09 Å². The zero-order valence-corrected chi connectivity index (χ0v) is 15.3. The summed E-state index contributed by atoms with van der Waals surface area (Å²) in [6.07, 6.45) is 2.16. The zero-order valence-electron chi connectivity index (χ0n) is 13.8. The Morgan fingerprint density at radius 3 is 2.44 bits per heavy atom. The van der Waals surface area contributed by atoms with Crippen LogP contribution >= 0.6 is 11.6 Å². The third-order valence-corrected chi connectivity index (χ3v) is 6.01. The van der Waals surface area contributed by atoms with Gasteiger partial charge in [0, 0.05) is 25.4 Å². The fourth-order valence-corrected chi connectivity index (χ4v) is 4.16. The third-order valence-electron chi connectivity index (χ3n) is 4.58. The summed E-state index contributed by atoms with van der Waals surface area (Å²) < 4.78 is 28.1. The van der Waals surface area contributed by atoms with Gasteiger partial charge in [-0.25, -0.2) is 13.2 Å². The number of carbonyl (C=O) groups is 2. The van der Waals surface area contributed by atoms with Gasteiger partial charge in [0.1, 0.15) is 6.61 Å². The molecular weight excluding hydrogens is 368 g/mol. The molecule has 0 spiro atoms. The van der Waals surface area contributed by atoms with Crippen LogP contribution in [-0.2, 0) is 14.6 Å². The molecule has 3 rings (SSSR count). The Kier molecular flexibility index (Phi) is 4.92. The number of cyclic esters (lactones) is 1. The second kappa shape index (κ2) is 6.84. The van der Waals surface area contributed by atoms with Crippen LogP contribution in [0.4, 0.5) is 4.79 Å². The number of ether oxygens (including phenoxy) is 1. The molecule has 2 heterocycles. The van der Waals surface area contributed by atoms with Gasteiger partial charge in [-0.15, -0.1) is 0 Å². The van der Waals surface area contributed by atoms with Crippen LogP contribution in [0.1, 0.15) is 23.2 Å². The van der Waals surface area contributed by atoms with E-state index in [0.717, 1.165) is 6.26 Å². The first-order valence-electron chi connectivity index (χ1n) is 7.99. The van der Waals surface area contributed by atoms with E-state index < -0.39 is 9.84 Å². The molecule has 1 aromatic rings. The Hall–Kier alpha value is -1.80. The van der Waals surface area contributed by atoms with E-state index >= 15 is 0 Å². The Balaban J connectivity index is 1.67. The number of likely N-dealkylation sites (tertiary alicyclic amines) is 1. The van der Waals surface area contributed by atoms with Crippen molar-refractivity contribution in [3.05, 3.63) is 28.8 Å². The van der Waals surface area contributed by atoms with Crippen molar-refractivity contribution in [2.24, 2.45) is 0 Å². The Labute approximate surface area is 151 Å². The van der Waals surface area contributed by atoms with Crippen LogP contribution in [0, 0.1) is 0 Å². The lowest BCUT2D eigenvalue weighted by Crippen LogP contribution is -2.47. The molecule has 2 amide bonds. The molecule has 0 saturated carbocycles. The third kappa shape index (κ3) is 3.74. The lowest BCUT2D eigenvalue weighted by atomic mass is 10.0. The molecule has 0 aromatic heterocycles. The first kappa shape index (κ1) is 18.0. The van der Waals surface area contributed by atoms with Crippen LogP contribution in [0.15, 0.2) is 23.1 Å². The molecule has 9 heteroatoms. The Bertz CT molecular complexity index is 803. The molecule has 0 radical (unpaired) electrons. The maximum Gasteiger partial charge on any atom is 0.410 e. The zero-order chi connectivity index (χ0) is 18.2. The molecule has 7 nitrogen and oxygen atoms in total. The van der Waals surface area contributed by atoms with Crippen molar-refractivity contribution in [1.29, 1.82) is 0 Å². The summed E-state index contributed by atoms with van der Waals surface area (Å²) in [5, 5.41) is 0.123. The van der Waals surface area contributed by atoms with Gasteiger partial charge in [0.2, 0.25) is 0 Å². The molecule has 1 aromatic carbocycles. The number of benzene rings is 1. The molecule has 2 aliphatic heterocycles. The van der Waals surface area contributed by atoms with Crippen LogP contribution < -0.4 is 0 Å². The molecule has 25 heavy (non-hydrogen) atoms. The van der Waals surface area contributed by atoms with E-state index in [2.05, 4.69) is 0 Å². The summed E-state index contributed by atoms with van der Waals surface area (Å²) in [4.78, 5) is 27.8. The highest BCUT2D eigenvalue weighted by atomic mass is 35.5. The SMILES string of the molecule is CS(=O)(=O)c1ccc(C(=O)N2CCC(N3CCOC3=O)CC2)c(Cl)c1. The predicted molar refractivity (Wildman–Crippen MR) is 91.5 cm³/mol. The highest BCUT2D eigenvalue weighted by Gasteiger charge is 2.33. The minimum atomic E-state index is -3.37. The average molecular weight is 387 g/mol. The van der Waals surface area contributed by atoms with Gasteiger partial charge in [0.05, 0.1) is 22.0 Å². The van der Waals surface area contributed by atoms with E-state index in [1.54, 1.807) is 9.80 Å². The topological polar surface area (TPSA) is 84.0 Å². The number of amides is 2. The summed E-state index contributed by atoms with van der Waals surface area (Å²) in [7, 11) is -3.37. The van der Waals surface area contributed by atoms with Crippen LogP contribution in [-0.4, -0.2) is 68.8 Å². The van der Waals surface area contributed by atoms with Crippen molar-refractivity contribution >= 4 is 33.4 Å². The van der Waals surface area contributed by atoms with Crippen LogP contribution in [0.3, 0.4) is 0 Å². The minimum absolute atomic E-state index is 0.0836. The largest absolute Gasteiger partial charge is 0.448 e. The Morgan fingerprint density at radius 1 is 1.24 bits per heavy atom. The fourth-order valence-electron chi connectivity index (χ4n) is 3.19. The number of piperidine rings is 1. The van der Waals surface area contributed by atoms with Gasteiger partial charge in [-0.05, 0) is 31.0 Å². The number of sulfone groups is 1. The maximum absolute atomic E-state index is 12.7. The van der Waals surface area contributed by atoms with Crippen molar-refractivity contribution in [3.8, 4) is 0 Å². The second-order valence-corrected chi connectivity index (χ2v) is 8.67.